The summed E-state index contributed by atoms with van der Waals surface area (Å²) in [5.41, 5.74) is 11.2. The van der Waals surface area contributed by atoms with Gasteiger partial charge in [-0.3, -0.25) is 0 Å². The second-order valence-electron chi connectivity index (χ2n) is 12.1. The number of nitrogens with zero attached hydrogens (tertiary/aromatic N) is 3. The Morgan fingerprint density at radius 1 is 0.447 bits per heavy atom. The van der Waals surface area contributed by atoms with Crippen molar-refractivity contribution in [2.24, 2.45) is 0 Å². The molecule has 1 aliphatic heterocycles. The molecule has 0 saturated heterocycles. The maximum atomic E-state index is 10.4. The molecule has 9 rings (SSSR count). The number of benzene rings is 7. The van der Waals surface area contributed by atoms with Gasteiger partial charge in [0.05, 0.1) is 39.5 Å². The van der Waals surface area contributed by atoms with Crippen LogP contribution in [0.1, 0.15) is 27.8 Å². The number of para-hydroxylation sites is 4. The van der Waals surface area contributed by atoms with Crippen LogP contribution in [0.5, 0.6) is 0 Å². The van der Waals surface area contributed by atoms with E-state index in [0.717, 1.165) is 33.8 Å². The van der Waals surface area contributed by atoms with Crippen LogP contribution in [0.4, 0.5) is 17.1 Å². The van der Waals surface area contributed by atoms with E-state index in [1.807, 2.05) is 12.1 Å². The van der Waals surface area contributed by atoms with Gasteiger partial charge < -0.3 is 9.47 Å². The van der Waals surface area contributed by atoms with Crippen LogP contribution in [0.15, 0.2) is 176 Å². The summed E-state index contributed by atoms with van der Waals surface area (Å²) in [6.45, 7) is 0. The fourth-order valence-corrected chi connectivity index (χ4v) is 7.81. The average Bonchev–Trinajstić information content (AvgIpc) is 3.49. The van der Waals surface area contributed by atoms with E-state index >= 15 is 0 Å². The predicted molar refractivity (Wildman–Crippen MR) is 192 cm³/mol. The highest BCUT2D eigenvalue weighted by molar-refractivity contribution is 6.09. The van der Waals surface area contributed by atoms with E-state index in [4.69, 9.17) is 0 Å². The average molecular weight is 600 g/mol. The Kier molecular flexibility index (Phi) is 6.10. The highest BCUT2D eigenvalue weighted by Crippen LogP contribution is 2.57. The fourth-order valence-electron chi connectivity index (χ4n) is 7.81. The van der Waals surface area contributed by atoms with Crippen molar-refractivity contribution in [3.8, 4) is 11.8 Å². The third kappa shape index (κ3) is 3.92. The molecule has 47 heavy (non-hydrogen) atoms. The molecule has 2 heterocycles. The Morgan fingerprint density at radius 2 is 0.894 bits per heavy atom. The van der Waals surface area contributed by atoms with Crippen molar-refractivity contribution >= 4 is 38.9 Å². The number of hydrogen-bond acceptors (Lipinski definition) is 2. The normalized spacial score (nSPS) is 13.2. The van der Waals surface area contributed by atoms with E-state index in [1.165, 1.54) is 33.0 Å². The second-order valence-corrected chi connectivity index (χ2v) is 12.1. The van der Waals surface area contributed by atoms with E-state index in [9.17, 15) is 5.26 Å². The third-order valence-corrected chi connectivity index (χ3v) is 9.64. The molecule has 0 unspecified atom stereocenters. The number of hydrogen-bond donors (Lipinski definition) is 0. The Balaban J connectivity index is 1.36. The van der Waals surface area contributed by atoms with Crippen LogP contribution < -0.4 is 4.90 Å². The molecule has 0 saturated carbocycles. The van der Waals surface area contributed by atoms with Gasteiger partial charge in [-0.25, -0.2) is 0 Å². The first kappa shape index (κ1) is 27.0. The Hall–Kier alpha value is -6.37. The monoisotopic (exact) mass is 599 g/mol. The van der Waals surface area contributed by atoms with Crippen LogP contribution in [0.3, 0.4) is 0 Å². The molecule has 3 nitrogen and oxygen atoms in total. The zero-order valence-electron chi connectivity index (χ0n) is 25.6. The standard InChI is InChI=1S/C44H29N3/c45-30-31-27-34(46-40-23-11-7-19-36(40)37-20-8-12-24-41(37)46)29-35(28-31)47-42-25-13-9-21-38(42)44(32-15-3-1-4-16-32,33-17-5-2-6-18-33)39-22-10-14-26-43(39)47/h1-29H. The second kappa shape index (κ2) is 10.6. The van der Waals surface area contributed by atoms with Gasteiger partial charge in [0, 0.05) is 22.1 Å². The molecule has 0 radical (unpaired) electrons. The first-order valence-corrected chi connectivity index (χ1v) is 15.9. The van der Waals surface area contributed by atoms with Crippen LogP contribution in [-0.2, 0) is 5.41 Å². The molecule has 1 aliphatic rings. The highest BCUT2D eigenvalue weighted by Gasteiger charge is 2.46. The van der Waals surface area contributed by atoms with E-state index in [0.29, 0.717) is 5.56 Å². The molecule has 0 amide bonds. The molecule has 0 atom stereocenters. The minimum absolute atomic E-state index is 0.547. The molecule has 0 spiro atoms. The van der Waals surface area contributed by atoms with Crippen molar-refractivity contribution in [1.82, 2.24) is 4.57 Å². The van der Waals surface area contributed by atoms with Crippen molar-refractivity contribution in [3.63, 3.8) is 0 Å². The summed E-state index contributed by atoms with van der Waals surface area (Å²) >= 11 is 0. The van der Waals surface area contributed by atoms with Crippen LogP contribution in [0.25, 0.3) is 27.5 Å². The maximum absolute atomic E-state index is 10.4. The quantitative estimate of drug-likeness (QED) is 0.202. The van der Waals surface area contributed by atoms with Crippen molar-refractivity contribution in [2.75, 3.05) is 4.90 Å². The van der Waals surface area contributed by atoms with Gasteiger partial charge in [-0.1, -0.05) is 133 Å². The molecule has 220 valence electrons. The molecule has 0 aliphatic carbocycles. The maximum Gasteiger partial charge on any atom is 0.0993 e. The van der Waals surface area contributed by atoms with Crippen LogP contribution in [-0.4, -0.2) is 4.57 Å². The summed E-state index contributed by atoms with van der Waals surface area (Å²) < 4.78 is 2.29. The summed E-state index contributed by atoms with van der Waals surface area (Å²) in [6, 6.07) is 64.9. The highest BCUT2D eigenvalue weighted by atomic mass is 15.2. The fraction of sp³-hybridized carbons (Fsp3) is 0.0227. The molecular formula is C44H29N3. The molecule has 0 bridgehead atoms. The molecule has 8 aromatic rings. The van der Waals surface area contributed by atoms with Gasteiger partial charge in [-0.05, 0) is 64.7 Å². The number of nitriles is 1. The lowest BCUT2D eigenvalue weighted by Crippen LogP contribution is -2.37. The number of anilines is 3. The van der Waals surface area contributed by atoms with Gasteiger partial charge in [0.2, 0.25) is 0 Å². The molecule has 0 fully saturated rings. The SMILES string of the molecule is N#Cc1cc(N2c3ccccc3C(c3ccccc3)(c3ccccc3)c3ccccc32)cc(-n2c3ccccc3c3ccccc32)c1. The number of aromatic nitrogens is 1. The first-order valence-electron chi connectivity index (χ1n) is 15.9. The lowest BCUT2D eigenvalue weighted by Gasteiger charge is -2.46. The topological polar surface area (TPSA) is 32.0 Å². The van der Waals surface area contributed by atoms with Crippen LogP contribution >= 0.6 is 0 Å². The van der Waals surface area contributed by atoms with Crippen molar-refractivity contribution < 1.29 is 0 Å². The van der Waals surface area contributed by atoms with Gasteiger partial charge in [0.25, 0.3) is 0 Å². The first-order chi connectivity index (χ1) is 23.3. The van der Waals surface area contributed by atoms with Gasteiger partial charge in [-0.2, -0.15) is 5.26 Å². The predicted octanol–water partition coefficient (Wildman–Crippen LogP) is 10.8. The Bertz CT molecular complexity index is 2340. The summed E-state index contributed by atoms with van der Waals surface area (Å²) in [5, 5.41) is 12.8. The van der Waals surface area contributed by atoms with E-state index in [2.05, 4.69) is 179 Å². The molecule has 1 aromatic heterocycles. The van der Waals surface area contributed by atoms with E-state index < -0.39 is 5.41 Å². The van der Waals surface area contributed by atoms with Gasteiger partial charge >= 0.3 is 0 Å². The van der Waals surface area contributed by atoms with Gasteiger partial charge in [0.15, 0.2) is 0 Å². The van der Waals surface area contributed by atoms with Crippen molar-refractivity contribution in [1.29, 1.82) is 5.26 Å². The summed E-state index contributed by atoms with van der Waals surface area (Å²) in [6.07, 6.45) is 0. The minimum atomic E-state index is -0.547. The van der Waals surface area contributed by atoms with Crippen LogP contribution in [0.2, 0.25) is 0 Å². The Labute approximate surface area is 273 Å². The van der Waals surface area contributed by atoms with Crippen molar-refractivity contribution in [2.45, 2.75) is 5.41 Å². The van der Waals surface area contributed by atoms with E-state index in [-0.39, 0.29) is 0 Å². The Morgan fingerprint density at radius 3 is 1.43 bits per heavy atom. The lowest BCUT2D eigenvalue weighted by atomic mass is 9.62. The van der Waals surface area contributed by atoms with Gasteiger partial charge in [-0.15, -0.1) is 0 Å². The number of fused-ring (bicyclic) bond motifs is 5. The molecule has 0 N–H and O–H groups in total. The molecular weight excluding hydrogens is 571 g/mol. The van der Waals surface area contributed by atoms with E-state index in [1.54, 1.807) is 0 Å². The zero-order valence-corrected chi connectivity index (χ0v) is 25.6. The van der Waals surface area contributed by atoms with Gasteiger partial charge in [0.1, 0.15) is 0 Å². The summed E-state index contributed by atoms with van der Waals surface area (Å²) in [5.74, 6) is 0. The van der Waals surface area contributed by atoms with Crippen LogP contribution in [0, 0.1) is 11.3 Å². The number of rotatable bonds is 4. The largest absolute Gasteiger partial charge is 0.310 e. The minimum Gasteiger partial charge on any atom is -0.310 e. The summed E-state index contributed by atoms with van der Waals surface area (Å²) in [4.78, 5) is 2.34. The van der Waals surface area contributed by atoms with Crippen molar-refractivity contribution in [3.05, 3.63) is 204 Å². The molecule has 7 aromatic carbocycles. The molecule has 3 heteroatoms. The smallest absolute Gasteiger partial charge is 0.0993 e. The summed E-state index contributed by atoms with van der Waals surface area (Å²) in [7, 11) is 0. The third-order valence-electron chi connectivity index (χ3n) is 9.64. The lowest BCUT2D eigenvalue weighted by molar-refractivity contribution is 0.731. The zero-order chi connectivity index (χ0) is 31.4.